The lowest BCUT2D eigenvalue weighted by Gasteiger charge is -2.38. The number of hydrogen-bond donors (Lipinski definition) is 1. The number of carbonyl (C=O) groups excluding carboxylic acids is 1. The third-order valence-electron chi connectivity index (χ3n) is 7.10. The fraction of sp³-hybridized carbons (Fsp3) is 0.458. The number of carbonyl (C=O) groups is 1. The summed E-state index contributed by atoms with van der Waals surface area (Å²) >= 11 is 0. The van der Waals surface area contributed by atoms with E-state index in [9.17, 15) is 4.79 Å². The van der Waals surface area contributed by atoms with Crippen LogP contribution in [0.15, 0.2) is 48.5 Å². The van der Waals surface area contributed by atoms with Crippen molar-refractivity contribution < 1.29 is 9.53 Å². The van der Waals surface area contributed by atoms with Crippen molar-refractivity contribution in [2.24, 2.45) is 11.3 Å². The Balaban J connectivity index is 0.00000205. The summed E-state index contributed by atoms with van der Waals surface area (Å²) in [6.45, 7) is 2.77. The van der Waals surface area contributed by atoms with Crippen molar-refractivity contribution in [1.82, 2.24) is 10.2 Å². The number of benzene rings is 2. The topological polar surface area (TPSA) is 41.6 Å². The van der Waals surface area contributed by atoms with E-state index < -0.39 is 0 Å². The van der Waals surface area contributed by atoms with Crippen LogP contribution in [0.4, 0.5) is 0 Å². The van der Waals surface area contributed by atoms with Crippen LogP contribution in [0.5, 0.6) is 5.75 Å². The Labute approximate surface area is 179 Å². The molecule has 5 rings (SSSR count). The average molecular weight is 413 g/mol. The Kier molecular flexibility index (Phi) is 5.58. The Morgan fingerprint density at radius 3 is 2.59 bits per heavy atom. The predicted molar refractivity (Wildman–Crippen MR) is 116 cm³/mol. The van der Waals surface area contributed by atoms with Gasteiger partial charge in [-0.25, -0.2) is 0 Å². The maximum Gasteiger partial charge on any atom is 0.227 e. The van der Waals surface area contributed by atoms with Crippen molar-refractivity contribution in [2.45, 2.75) is 38.3 Å². The lowest BCUT2D eigenvalue weighted by atomic mass is 9.87. The molecular weight excluding hydrogens is 384 g/mol. The van der Waals surface area contributed by atoms with Crippen LogP contribution in [0, 0.1) is 11.3 Å². The van der Waals surface area contributed by atoms with Crippen molar-refractivity contribution in [3.05, 3.63) is 65.2 Å². The second-order valence-corrected chi connectivity index (χ2v) is 8.60. The van der Waals surface area contributed by atoms with Gasteiger partial charge in [0.05, 0.1) is 13.2 Å². The number of nitrogens with one attached hydrogen (secondary N) is 1. The van der Waals surface area contributed by atoms with Gasteiger partial charge in [-0.2, -0.15) is 0 Å². The highest BCUT2D eigenvalue weighted by Crippen LogP contribution is 2.60. The lowest BCUT2D eigenvalue weighted by molar-refractivity contribution is -0.137. The van der Waals surface area contributed by atoms with E-state index in [-0.39, 0.29) is 29.8 Å². The molecule has 154 valence electrons. The molecule has 2 fully saturated rings. The molecule has 2 aromatic carbocycles. The minimum atomic E-state index is 0. The van der Waals surface area contributed by atoms with Crippen LogP contribution in [-0.2, 0) is 17.8 Å². The van der Waals surface area contributed by atoms with Crippen LogP contribution >= 0.6 is 12.4 Å². The molecule has 1 saturated carbocycles. The predicted octanol–water partition coefficient (Wildman–Crippen LogP) is 4.13. The molecule has 1 spiro atoms. The first kappa shape index (κ1) is 20.2. The monoisotopic (exact) mass is 412 g/mol. The number of ether oxygens (including phenoxy) is 1. The summed E-state index contributed by atoms with van der Waals surface area (Å²) in [4.78, 5) is 15.8. The molecule has 0 aromatic heterocycles. The van der Waals surface area contributed by atoms with E-state index in [0.717, 1.165) is 44.5 Å². The summed E-state index contributed by atoms with van der Waals surface area (Å²) in [6.07, 6.45) is 4.21. The lowest BCUT2D eigenvalue weighted by Crippen LogP contribution is -2.41. The fourth-order valence-corrected chi connectivity index (χ4v) is 5.27. The molecule has 1 saturated heterocycles. The van der Waals surface area contributed by atoms with E-state index in [1.165, 1.54) is 16.7 Å². The molecule has 5 heteroatoms. The molecular formula is C24H29ClN2O2. The first-order valence-corrected chi connectivity index (χ1v) is 10.4. The van der Waals surface area contributed by atoms with Gasteiger partial charge in [0.1, 0.15) is 5.75 Å². The normalized spacial score (nSPS) is 24.4. The van der Waals surface area contributed by atoms with Crippen LogP contribution < -0.4 is 10.1 Å². The first-order chi connectivity index (χ1) is 13.7. The van der Waals surface area contributed by atoms with Gasteiger partial charge in [-0.3, -0.25) is 4.79 Å². The van der Waals surface area contributed by atoms with Crippen molar-refractivity contribution in [2.75, 3.05) is 20.2 Å². The SMILES string of the molecule is COc1ccc2c(c1)CN(C(=O)C1CC13CCNCC3)C(c1ccccc1)C2.Cl. The minimum absolute atomic E-state index is 0. The standard InChI is InChI=1S/C24H28N2O2.ClH/c1-28-20-8-7-18-14-22(17-5-3-2-4-6-17)26(16-19(18)13-20)23(27)21-15-24(21)9-11-25-12-10-24;/h2-8,13,21-22,25H,9-12,14-16H2,1H3;1H. The van der Waals surface area contributed by atoms with E-state index in [1.54, 1.807) is 7.11 Å². The third-order valence-corrected chi connectivity index (χ3v) is 7.10. The highest BCUT2D eigenvalue weighted by molar-refractivity contribution is 5.85. The Morgan fingerprint density at radius 1 is 1.10 bits per heavy atom. The zero-order valence-electron chi connectivity index (χ0n) is 16.9. The van der Waals surface area contributed by atoms with Gasteiger partial charge >= 0.3 is 0 Å². The van der Waals surface area contributed by atoms with Crippen LogP contribution in [0.2, 0.25) is 0 Å². The van der Waals surface area contributed by atoms with Gasteiger partial charge in [-0.05, 0) is 73.0 Å². The van der Waals surface area contributed by atoms with E-state index in [2.05, 4.69) is 46.6 Å². The number of piperidine rings is 1. The number of nitrogens with zero attached hydrogens (tertiary/aromatic N) is 1. The Morgan fingerprint density at radius 2 is 1.86 bits per heavy atom. The Hall–Kier alpha value is -2.04. The van der Waals surface area contributed by atoms with Crippen LogP contribution in [0.25, 0.3) is 0 Å². The van der Waals surface area contributed by atoms with Gasteiger partial charge in [-0.1, -0.05) is 36.4 Å². The van der Waals surface area contributed by atoms with Crippen LogP contribution in [-0.4, -0.2) is 31.0 Å². The van der Waals surface area contributed by atoms with Gasteiger partial charge in [0.2, 0.25) is 5.91 Å². The highest BCUT2D eigenvalue weighted by Gasteiger charge is 2.59. The molecule has 2 aromatic rings. The molecule has 1 aliphatic carbocycles. The van der Waals surface area contributed by atoms with Gasteiger partial charge in [-0.15, -0.1) is 12.4 Å². The van der Waals surface area contributed by atoms with Gasteiger partial charge in [0.25, 0.3) is 0 Å². The molecule has 0 bridgehead atoms. The number of fused-ring (bicyclic) bond motifs is 1. The Bertz CT molecular complexity index is 880. The summed E-state index contributed by atoms with van der Waals surface area (Å²) in [5.41, 5.74) is 4.04. The van der Waals surface area contributed by atoms with Crippen molar-refractivity contribution >= 4 is 18.3 Å². The molecule has 2 heterocycles. The molecule has 1 amide bonds. The van der Waals surface area contributed by atoms with E-state index in [1.807, 2.05) is 12.1 Å². The first-order valence-electron chi connectivity index (χ1n) is 10.4. The fourth-order valence-electron chi connectivity index (χ4n) is 5.27. The van der Waals surface area contributed by atoms with Crippen LogP contribution in [0.1, 0.15) is 42.0 Å². The number of methoxy groups -OCH3 is 1. The number of rotatable bonds is 3. The molecule has 29 heavy (non-hydrogen) atoms. The molecule has 1 N–H and O–H groups in total. The van der Waals surface area contributed by atoms with Crippen molar-refractivity contribution in [3.8, 4) is 5.75 Å². The van der Waals surface area contributed by atoms with Crippen molar-refractivity contribution in [3.63, 3.8) is 0 Å². The third kappa shape index (κ3) is 3.64. The number of hydrogen-bond acceptors (Lipinski definition) is 3. The van der Waals surface area contributed by atoms with Gasteiger partial charge in [0.15, 0.2) is 0 Å². The molecule has 2 atom stereocenters. The summed E-state index contributed by atoms with van der Waals surface area (Å²) in [7, 11) is 1.70. The summed E-state index contributed by atoms with van der Waals surface area (Å²) in [5, 5.41) is 3.44. The second kappa shape index (κ2) is 8.00. The average Bonchev–Trinajstić information content (AvgIpc) is 3.45. The summed E-state index contributed by atoms with van der Waals surface area (Å²) < 4.78 is 5.43. The molecule has 2 aliphatic heterocycles. The highest BCUT2D eigenvalue weighted by atomic mass is 35.5. The largest absolute Gasteiger partial charge is 0.497 e. The molecule has 3 aliphatic rings. The maximum atomic E-state index is 13.7. The molecule has 2 unspecified atom stereocenters. The molecule has 0 radical (unpaired) electrons. The zero-order chi connectivity index (χ0) is 19.1. The summed E-state index contributed by atoms with van der Waals surface area (Å²) in [6, 6.07) is 16.9. The van der Waals surface area contributed by atoms with Gasteiger partial charge < -0.3 is 15.0 Å². The van der Waals surface area contributed by atoms with Gasteiger partial charge in [0, 0.05) is 12.5 Å². The number of halogens is 1. The number of amides is 1. The molecule has 4 nitrogen and oxygen atoms in total. The maximum absolute atomic E-state index is 13.7. The van der Waals surface area contributed by atoms with E-state index in [0.29, 0.717) is 12.5 Å². The smallest absolute Gasteiger partial charge is 0.227 e. The zero-order valence-corrected chi connectivity index (χ0v) is 17.7. The van der Waals surface area contributed by atoms with E-state index >= 15 is 0 Å². The second-order valence-electron chi connectivity index (χ2n) is 8.60. The van der Waals surface area contributed by atoms with E-state index in [4.69, 9.17) is 4.74 Å². The summed E-state index contributed by atoms with van der Waals surface area (Å²) in [5.74, 6) is 1.42. The minimum Gasteiger partial charge on any atom is -0.497 e. The quantitative estimate of drug-likeness (QED) is 0.824. The van der Waals surface area contributed by atoms with Crippen LogP contribution in [0.3, 0.4) is 0 Å². The van der Waals surface area contributed by atoms with Crippen molar-refractivity contribution in [1.29, 1.82) is 0 Å².